The smallest absolute Gasteiger partial charge is 0.186 e. The van der Waals surface area contributed by atoms with Gasteiger partial charge in [-0.05, 0) is 47.6 Å². The van der Waals surface area contributed by atoms with Crippen LogP contribution in [0.1, 0.15) is 68.5 Å². The maximum absolute atomic E-state index is 13.3. The van der Waals surface area contributed by atoms with Crippen LogP contribution in [0.2, 0.25) is 0 Å². The molecule has 198 valence electrons. The minimum absolute atomic E-state index is 0.0335. The van der Waals surface area contributed by atoms with Gasteiger partial charge in [-0.15, -0.1) is 0 Å². The number of rotatable bonds is 13. The molecule has 3 aromatic rings. The molecule has 0 saturated heterocycles. The number of carbonyl (C=O) groups is 5. The largest absolute Gasteiger partial charge is 0.376 e. The molecule has 0 heterocycles. The lowest BCUT2D eigenvalue weighted by Gasteiger charge is -2.33. The second kappa shape index (κ2) is 12.0. The van der Waals surface area contributed by atoms with Crippen molar-refractivity contribution >= 4 is 28.9 Å². The number of aliphatic hydroxyl groups is 1. The summed E-state index contributed by atoms with van der Waals surface area (Å²) in [5, 5.41) is 12.6. The van der Waals surface area contributed by atoms with E-state index in [0.29, 0.717) is 11.1 Å². The fourth-order valence-electron chi connectivity index (χ4n) is 4.40. The van der Waals surface area contributed by atoms with E-state index in [1.54, 1.807) is 0 Å². The number of benzene rings is 3. The van der Waals surface area contributed by atoms with E-state index >= 15 is 0 Å². The highest BCUT2D eigenvalue weighted by molar-refractivity contribution is 6.22. The van der Waals surface area contributed by atoms with E-state index in [-0.39, 0.29) is 44.9 Å². The van der Waals surface area contributed by atoms with E-state index in [1.807, 2.05) is 0 Å². The molecular formula is C34H26O6. The summed E-state index contributed by atoms with van der Waals surface area (Å²) in [6.45, 7) is 17.5. The van der Waals surface area contributed by atoms with Crippen LogP contribution >= 0.6 is 0 Å². The highest BCUT2D eigenvalue weighted by Gasteiger charge is 2.39. The van der Waals surface area contributed by atoms with Crippen LogP contribution < -0.4 is 0 Å². The van der Waals surface area contributed by atoms with Gasteiger partial charge in [-0.25, -0.2) is 0 Å². The van der Waals surface area contributed by atoms with Gasteiger partial charge in [0.05, 0.1) is 0 Å². The maximum Gasteiger partial charge on any atom is 0.186 e. The summed E-state index contributed by atoms with van der Waals surface area (Å²) in [6, 6.07) is 14.6. The van der Waals surface area contributed by atoms with Crippen LogP contribution in [-0.2, 0) is 5.60 Å². The topological polar surface area (TPSA) is 106 Å². The third-order valence-corrected chi connectivity index (χ3v) is 6.45. The van der Waals surface area contributed by atoms with Gasteiger partial charge < -0.3 is 5.11 Å². The first-order chi connectivity index (χ1) is 19.1. The van der Waals surface area contributed by atoms with Gasteiger partial charge in [-0.3, -0.25) is 24.0 Å². The summed E-state index contributed by atoms with van der Waals surface area (Å²) in [4.78, 5) is 63.4. The Kier molecular flexibility index (Phi) is 8.79. The zero-order chi connectivity index (χ0) is 29.6. The average Bonchev–Trinajstić information content (AvgIpc) is 3.01. The Bertz CT molecular complexity index is 1540. The monoisotopic (exact) mass is 530 g/mol. The normalized spacial score (nSPS) is 10.6. The molecule has 0 unspecified atom stereocenters. The molecule has 0 amide bonds. The molecule has 0 atom stereocenters. The summed E-state index contributed by atoms with van der Waals surface area (Å²) in [5.41, 5.74) is -1.68. The lowest BCUT2D eigenvalue weighted by molar-refractivity contribution is 0.0983. The third-order valence-electron chi connectivity index (χ3n) is 6.45. The van der Waals surface area contributed by atoms with Crippen LogP contribution in [0.5, 0.6) is 0 Å². The molecule has 6 heteroatoms. The van der Waals surface area contributed by atoms with Crippen molar-refractivity contribution in [2.45, 2.75) is 5.60 Å². The molecule has 3 rings (SSSR count). The van der Waals surface area contributed by atoms with E-state index in [1.165, 1.54) is 60.7 Å². The zero-order valence-corrected chi connectivity index (χ0v) is 21.7. The second-order valence-corrected chi connectivity index (χ2v) is 8.62. The van der Waals surface area contributed by atoms with Crippen LogP contribution in [0, 0.1) is 0 Å². The van der Waals surface area contributed by atoms with Crippen molar-refractivity contribution in [1.29, 1.82) is 0 Å². The molecule has 0 aromatic heterocycles. The molecular weight excluding hydrogens is 504 g/mol. The third kappa shape index (κ3) is 5.16. The Morgan fingerprint density at radius 3 is 1.25 bits per heavy atom. The molecule has 0 aliphatic rings. The van der Waals surface area contributed by atoms with E-state index in [2.05, 4.69) is 32.9 Å². The predicted octanol–water partition coefficient (Wildman–Crippen LogP) is 5.81. The number of ketones is 5. The fourth-order valence-corrected chi connectivity index (χ4v) is 4.40. The van der Waals surface area contributed by atoms with Crippen molar-refractivity contribution in [3.63, 3.8) is 0 Å². The minimum Gasteiger partial charge on any atom is -0.376 e. The van der Waals surface area contributed by atoms with Crippen molar-refractivity contribution in [3.8, 4) is 0 Å². The van der Waals surface area contributed by atoms with Gasteiger partial charge >= 0.3 is 0 Å². The summed E-state index contributed by atoms with van der Waals surface area (Å²) >= 11 is 0. The van der Waals surface area contributed by atoms with Crippen molar-refractivity contribution in [2.75, 3.05) is 0 Å². The molecule has 0 radical (unpaired) electrons. The maximum atomic E-state index is 13.3. The Labute approximate surface area is 232 Å². The summed E-state index contributed by atoms with van der Waals surface area (Å²) < 4.78 is 0. The first-order valence-corrected chi connectivity index (χ1v) is 12.0. The van der Waals surface area contributed by atoms with Crippen LogP contribution in [0.15, 0.2) is 124 Å². The Morgan fingerprint density at radius 1 is 0.500 bits per heavy atom. The fraction of sp³-hybridized carbons (Fsp3) is 0.0294. The Hall–Kier alpha value is -5.33. The Balaban J connectivity index is 2.51. The second-order valence-electron chi connectivity index (χ2n) is 8.62. The van der Waals surface area contributed by atoms with Gasteiger partial charge in [0.15, 0.2) is 28.9 Å². The molecule has 40 heavy (non-hydrogen) atoms. The van der Waals surface area contributed by atoms with Gasteiger partial charge in [-0.2, -0.15) is 0 Å². The number of hydrogen-bond donors (Lipinski definition) is 1. The van der Waals surface area contributed by atoms with Gasteiger partial charge in [-0.1, -0.05) is 87.5 Å². The molecule has 0 aliphatic carbocycles. The highest BCUT2D eigenvalue weighted by Crippen LogP contribution is 2.41. The average molecular weight is 531 g/mol. The molecule has 0 saturated carbocycles. The predicted molar refractivity (Wildman–Crippen MR) is 154 cm³/mol. The van der Waals surface area contributed by atoms with Gasteiger partial charge in [0, 0.05) is 33.4 Å². The molecule has 6 nitrogen and oxygen atoms in total. The number of allylic oxidation sites excluding steroid dienone is 5. The van der Waals surface area contributed by atoms with Crippen LogP contribution in [-0.4, -0.2) is 34.0 Å². The standard InChI is InChI=1S/C34H26O6/c1-6-27(35)21-11-15-23(16-12-21)34(40,24-17-13-22(14-18-24)28(36)7-2)26-20-19-25(29(37)8-3)32(30(38)9-4)33(26)31(39)10-5/h6-20,40H,1-5H2. The summed E-state index contributed by atoms with van der Waals surface area (Å²) in [5.74, 6) is -2.74. The lowest BCUT2D eigenvalue weighted by atomic mass is 9.74. The van der Waals surface area contributed by atoms with E-state index in [4.69, 9.17) is 0 Å². The summed E-state index contributed by atoms with van der Waals surface area (Å²) in [6.07, 6.45) is 5.25. The van der Waals surface area contributed by atoms with E-state index in [9.17, 15) is 29.1 Å². The van der Waals surface area contributed by atoms with Crippen molar-refractivity contribution in [3.05, 3.63) is 168 Å². The van der Waals surface area contributed by atoms with Crippen LogP contribution in [0.25, 0.3) is 0 Å². The molecule has 3 aromatic carbocycles. The minimum atomic E-state index is -2.11. The molecule has 0 aliphatic heterocycles. The van der Waals surface area contributed by atoms with Crippen molar-refractivity contribution < 1.29 is 29.1 Å². The summed E-state index contributed by atoms with van der Waals surface area (Å²) in [7, 11) is 0. The van der Waals surface area contributed by atoms with E-state index in [0.717, 1.165) is 30.4 Å². The molecule has 1 N–H and O–H groups in total. The van der Waals surface area contributed by atoms with E-state index < -0.39 is 23.0 Å². The number of hydrogen-bond acceptors (Lipinski definition) is 6. The van der Waals surface area contributed by atoms with Gasteiger partial charge in [0.2, 0.25) is 0 Å². The van der Waals surface area contributed by atoms with Gasteiger partial charge in [0.25, 0.3) is 0 Å². The van der Waals surface area contributed by atoms with Crippen molar-refractivity contribution in [2.24, 2.45) is 0 Å². The number of carbonyl (C=O) groups excluding carboxylic acids is 5. The Morgan fingerprint density at radius 2 is 0.875 bits per heavy atom. The lowest BCUT2D eigenvalue weighted by Crippen LogP contribution is -2.32. The molecule has 0 bridgehead atoms. The SMILES string of the molecule is C=CC(=O)c1ccc(C(O)(c2ccc(C(=O)C=C)cc2)c2ccc(C(=O)C=C)c(C(=O)C=C)c2C(=O)C=C)cc1. The quantitative estimate of drug-likeness (QED) is 0.170. The van der Waals surface area contributed by atoms with Gasteiger partial charge in [0.1, 0.15) is 5.60 Å². The molecule has 0 fully saturated rings. The molecule has 0 spiro atoms. The zero-order valence-electron chi connectivity index (χ0n) is 21.7. The first-order valence-electron chi connectivity index (χ1n) is 12.0. The van der Waals surface area contributed by atoms with Crippen LogP contribution in [0.3, 0.4) is 0 Å². The van der Waals surface area contributed by atoms with Crippen LogP contribution in [0.4, 0.5) is 0 Å². The van der Waals surface area contributed by atoms with Crippen molar-refractivity contribution in [1.82, 2.24) is 0 Å². The highest BCUT2D eigenvalue weighted by atomic mass is 16.3. The first kappa shape index (κ1) is 29.2.